The lowest BCUT2D eigenvalue weighted by atomic mass is 10.1. The second-order valence-electron chi connectivity index (χ2n) is 4.91. The van der Waals surface area contributed by atoms with Crippen LogP contribution in [0.25, 0.3) is 0 Å². The molecule has 0 heterocycles. The van der Waals surface area contributed by atoms with Crippen LogP contribution >= 0.6 is 0 Å². The van der Waals surface area contributed by atoms with Crippen molar-refractivity contribution in [2.45, 2.75) is 19.3 Å². The normalized spacial score (nSPS) is 10.2. The largest absolute Gasteiger partial charge is 0.545 e. The van der Waals surface area contributed by atoms with Crippen LogP contribution in [-0.4, -0.2) is 18.5 Å². The highest BCUT2D eigenvalue weighted by Gasteiger charge is 2.12. The molecule has 0 radical (unpaired) electrons. The molecule has 4 nitrogen and oxygen atoms in total. The monoisotopic (exact) mass is 297 g/mol. The van der Waals surface area contributed by atoms with E-state index in [1.54, 1.807) is 12.1 Å². The number of ether oxygens (including phenoxy) is 1. The van der Waals surface area contributed by atoms with Gasteiger partial charge >= 0.3 is 5.97 Å². The van der Waals surface area contributed by atoms with E-state index in [-0.39, 0.29) is 17.7 Å². The van der Waals surface area contributed by atoms with Crippen molar-refractivity contribution in [3.05, 3.63) is 71.3 Å². The Kier molecular flexibility index (Phi) is 5.72. The van der Waals surface area contributed by atoms with E-state index in [1.165, 1.54) is 17.7 Å². The highest BCUT2D eigenvalue weighted by Crippen LogP contribution is 2.10. The molecule has 4 heteroatoms. The van der Waals surface area contributed by atoms with Gasteiger partial charge in [-0.25, -0.2) is 4.79 Å². The minimum absolute atomic E-state index is 0.0329. The van der Waals surface area contributed by atoms with Crippen molar-refractivity contribution in [3.63, 3.8) is 0 Å². The first-order chi connectivity index (χ1) is 10.7. The molecule has 22 heavy (non-hydrogen) atoms. The van der Waals surface area contributed by atoms with E-state index in [2.05, 4.69) is 12.1 Å². The van der Waals surface area contributed by atoms with Crippen LogP contribution in [0.5, 0.6) is 0 Å². The number of aromatic carboxylic acids is 1. The Labute approximate surface area is 129 Å². The SMILES string of the molecule is O=C([O-])c1ccccc1C(=O)OCCCCc1ccccc1. The molecular formula is C18H17O4-. The van der Waals surface area contributed by atoms with Crippen LogP contribution in [0.15, 0.2) is 54.6 Å². The molecule has 0 spiro atoms. The number of unbranched alkanes of at least 4 members (excludes halogenated alkanes) is 1. The number of hydrogen-bond donors (Lipinski definition) is 0. The van der Waals surface area contributed by atoms with E-state index in [1.807, 2.05) is 18.2 Å². The van der Waals surface area contributed by atoms with Crippen LogP contribution in [0, 0.1) is 0 Å². The van der Waals surface area contributed by atoms with E-state index in [0.717, 1.165) is 19.3 Å². The van der Waals surface area contributed by atoms with Crippen molar-refractivity contribution >= 4 is 11.9 Å². The molecular weight excluding hydrogens is 280 g/mol. The average Bonchev–Trinajstić information content (AvgIpc) is 2.55. The number of benzene rings is 2. The average molecular weight is 297 g/mol. The summed E-state index contributed by atoms with van der Waals surface area (Å²) in [6.45, 7) is 0.271. The predicted octanol–water partition coefficient (Wildman–Crippen LogP) is 2.23. The standard InChI is InChI=1S/C18H18O4/c19-17(20)15-11-4-5-12-16(15)18(21)22-13-7-6-10-14-8-2-1-3-9-14/h1-5,8-9,11-12H,6-7,10,13H2,(H,19,20)/p-1. The van der Waals surface area contributed by atoms with E-state index in [0.29, 0.717) is 0 Å². The lowest BCUT2D eigenvalue weighted by Crippen LogP contribution is -2.25. The summed E-state index contributed by atoms with van der Waals surface area (Å²) in [5.74, 6) is -2.00. The van der Waals surface area contributed by atoms with Crippen molar-refractivity contribution in [2.24, 2.45) is 0 Å². The summed E-state index contributed by atoms with van der Waals surface area (Å²) in [4.78, 5) is 22.8. The summed E-state index contributed by atoms with van der Waals surface area (Å²) in [6, 6.07) is 16.0. The molecule has 0 amide bonds. The lowest BCUT2D eigenvalue weighted by molar-refractivity contribution is -0.255. The molecule has 2 rings (SSSR count). The smallest absolute Gasteiger partial charge is 0.338 e. The van der Waals surface area contributed by atoms with Crippen LogP contribution in [0.3, 0.4) is 0 Å². The molecule has 0 N–H and O–H groups in total. The molecule has 0 aromatic heterocycles. The van der Waals surface area contributed by atoms with Gasteiger partial charge in [0.25, 0.3) is 0 Å². The third-order valence-corrected chi connectivity index (χ3v) is 3.30. The summed E-state index contributed by atoms with van der Waals surface area (Å²) in [7, 11) is 0. The zero-order valence-corrected chi connectivity index (χ0v) is 12.2. The van der Waals surface area contributed by atoms with Gasteiger partial charge < -0.3 is 14.6 Å². The minimum atomic E-state index is -1.38. The minimum Gasteiger partial charge on any atom is -0.545 e. The molecule has 0 fully saturated rings. The fraction of sp³-hybridized carbons (Fsp3) is 0.222. The molecule has 0 unspecified atom stereocenters. The van der Waals surface area contributed by atoms with Gasteiger partial charge in [0.05, 0.1) is 18.1 Å². The van der Waals surface area contributed by atoms with Gasteiger partial charge in [-0.3, -0.25) is 0 Å². The number of carboxylic acids is 1. The van der Waals surface area contributed by atoms with Crippen molar-refractivity contribution in [1.82, 2.24) is 0 Å². The second kappa shape index (κ2) is 7.98. The van der Waals surface area contributed by atoms with Gasteiger partial charge in [0.2, 0.25) is 0 Å². The van der Waals surface area contributed by atoms with E-state index in [4.69, 9.17) is 4.74 Å². The van der Waals surface area contributed by atoms with Crippen LogP contribution < -0.4 is 5.11 Å². The highest BCUT2D eigenvalue weighted by molar-refractivity contribution is 6.01. The summed E-state index contributed by atoms with van der Waals surface area (Å²) in [5.41, 5.74) is 1.14. The van der Waals surface area contributed by atoms with Gasteiger partial charge in [0.15, 0.2) is 0 Å². The first kappa shape index (κ1) is 15.8. The van der Waals surface area contributed by atoms with Crippen molar-refractivity contribution in [2.75, 3.05) is 6.61 Å². The summed E-state index contributed by atoms with van der Waals surface area (Å²) < 4.78 is 5.13. The predicted molar refractivity (Wildman–Crippen MR) is 80.4 cm³/mol. The number of esters is 1. The third-order valence-electron chi connectivity index (χ3n) is 3.30. The van der Waals surface area contributed by atoms with Gasteiger partial charge in [-0.1, -0.05) is 48.5 Å². The number of carboxylic acid groups (broad SMARTS) is 1. The molecule has 0 saturated heterocycles. The molecule has 0 aliphatic rings. The second-order valence-corrected chi connectivity index (χ2v) is 4.91. The number of aryl methyl sites for hydroxylation is 1. The molecule has 0 aliphatic carbocycles. The fourth-order valence-electron chi connectivity index (χ4n) is 2.16. The Morgan fingerprint density at radius 2 is 1.50 bits per heavy atom. The molecule has 0 atom stereocenters. The number of carbonyl (C=O) groups is 2. The number of rotatable bonds is 7. The summed E-state index contributed by atoms with van der Waals surface area (Å²) in [6.07, 6.45) is 2.56. The molecule has 0 saturated carbocycles. The van der Waals surface area contributed by atoms with Gasteiger partial charge in [0.1, 0.15) is 0 Å². The van der Waals surface area contributed by atoms with E-state index in [9.17, 15) is 14.7 Å². The van der Waals surface area contributed by atoms with Crippen LogP contribution in [-0.2, 0) is 11.2 Å². The highest BCUT2D eigenvalue weighted by atomic mass is 16.5. The zero-order chi connectivity index (χ0) is 15.8. The Morgan fingerprint density at radius 1 is 0.864 bits per heavy atom. The molecule has 0 bridgehead atoms. The first-order valence-corrected chi connectivity index (χ1v) is 7.20. The molecule has 114 valence electrons. The topological polar surface area (TPSA) is 66.4 Å². The van der Waals surface area contributed by atoms with Crippen LogP contribution in [0.1, 0.15) is 39.1 Å². The van der Waals surface area contributed by atoms with Gasteiger partial charge in [0, 0.05) is 5.56 Å². The third kappa shape index (κ3) is 4.45. The molecule has 2 aromatic rings. The van der Waals surface area contributed by atoms with E-state index < -0.39 is 11.9 Å². The fourth-order valence-corrected chi connectivity index (χ4v) is 2.16. The Balaban J connectivity index is 1.78. The quantitative estimate of drug-likeness (QED) is 0.580. The first-order valence-electron chi connectivity index (χ1n) is 7.20. The van der Waals surface area contributed by atoms with Crippen molar-refractivity contribution < 1.29 is 19.4 Å². The summed E-state index contributed by atoms with van der Waals surface area (Å²) in [5, 5.41) is 10.9. The number of hydrogen-bond acceptors (Lipinski definition) is 4. The summed E-state index contributed by atoms with van der Waals surface area (Å²) >= 11 is 0. The van der Waals surface area contributed by atoms with Crippen molar-refractivity contribution in [3.8, 4) is 0 Å². The van der Waals surface area contributed by atoms with Gasteiger partial charge in [-0.05, 0) is 30.9 Å². The molecule has 2 aromatic carbocycles. The maximum Gasteiger partial charge on any atom is 0.338 e. The van der Waals surface area contributed by atoms with Crippen LogP contribution in [0.2, 0.25) is 0 Å². The van der Waals surface area contributed by atoms with Crippen molar-refractivity contribution in [1.29, 1.82) is 0 Å². The zero-order valence-electron chi connectivity index (χ0n) is 12.2. The van der Waals surface area contributed by atoms with Gasteiger partial charge in [-0.15, -0.1) is 0 Å². The Morgan fingerprint density at radius 3 is 2.18 bits per heavy atom. The number of carbonyl (C=O) groups excluding carboxylic acids is 2. The maximum absolute atomic E-state index is 11.9. The lowest BCUT2D eigenvalue weighted by Gasteiger charge is -2.10. The molecule has 0 aliphatic heterocycles. The maximum atomic E-state index is 11.9. The van der Waals surface area contributed by atoms with Crippen LogP contribution in [0.4, 0.5) is 0 Å². The van der Waals surface area contributed by atoms with E-state index >= 15 is 0 Å². The Bertz CT molecular complexity index is 635. The van der Waals surface area contributed by atoms with Gasteiger partial charge in [-0.2, -0.15) is 0 Å². The Hall–Kier alpha value is -2.62.